The van der Waals surface area contributed by atoms with E-state index in [0.29, 0.717) is 5.95 Å². The highest BCUT2D eigenvalue weighted by atomic mass is 79.9. The maximum atomic E-state index is 4.48. The number of thiazole rings is 1. The van der Waals surface area contributed by atoms with Gasteiger partial charge in [-0.3, -0.25) is 0 Å². The molecule has 4 nitrogen and oxygen atoms in total. The first-order chi connectivity index (χ1) is 10.1. The van der Waals surface area contributed by atoms with E-state index in [1.807, 2.05) is 26.0 Å². The topological polar surface area (TPSA) is 50.7 Å². The number of nitrogens with one attached hydrogen (secondary N) is 1. The highest BCUT2D eigenvalue weighted by molar-refractivity contribution is 9.10. The van der Waals surface area contributed by atoms with E-state index in [2.05, 4.69) is 42.3 Å². The van der Waals surface area contributed by atoms with Gasteiger partial charge in [0, 0.05) is 28.1 Å². The van der Waals surface area contributed by atoms with Gasteiger partial charge in [-0.05, 0) is 32.0 Å². The molecule has 106 valence electrons. The standard InChI is InChI=1S/C15H13BrN4S/c1-9-14(21-10(2)19-9)12-5-4-11(8-13(12)16)20-15-17-6-3-7-18-15/h3-8H,1-2H3,(H,17,18,20). The van der Waals surface area contributed by atoms with Crippen molar-refractivity contribution < 1.29 is 0 Å². The summed E-state index contributed by atoms with van der Waals surface area (Å²) in [5.41, 5.74) is 3.15. The largest absolute Gasteiger partial charge is 0.324 e. The summed E-state index contributed by atoms with van der Waals surface area (Å²) in [5, 5.41) is 4.26. The molecule has 1 aromatic carbocycles. The van der Waals surface area contributed by atoms with Crippen LogP contribution in [0.2, 0.25) is 0 Å². The van der Waals surface area contributed by atoms with Crippen molar-refractivity contribution in [1.82, 2.24) is 15.0 Å². The van der Waals surface area contributed by atoms with Crippen molar-refractivity contribution in [3.05, 3.63) is 51.8 Å². The number of halogens is 1. The molecule has 2 heterocycles. The number of benzene rings is 1. The Morgan fingerprint density at radius 2 is 1.90 bits per heavy atom. The zero-order valence-corrected chi connectivity index (χ0v) is 14.0. The van der Waals surface area contributed by atoms with E-state index in [4.69, 9.17) is 0 Å². The van der Waals surface area contributed by atoms with Gasteiger partial charge in [-0.1, -0.05) is 22.0 Å². The molecule has 0 amide bonds. The fourth-order valence-electron chi connectivity index (χ4n) is 2.05. The Morgan fingerprint density at radius 3 is 2.52 bits per heavy atom. The van der Waals surface area contributed by atoms with Gasteiger partial charge >= 0.3 is 0 Å². The van der Waals surface area contributed by atoms with Gasteiger partial charge in [0.15, 0.2) is 0 Å². The molecule has 0 radical (unpaired) electrons. The minimum atomic E-state index is 0.585. The molecule has 0 atom stereocenters. The molecule has 0 aliphatic rings. The Hall–Kier alpha value is -1.79. The quantitative estimate of drug-likeness (QED) is 0.733. The molecule has 0 saturated carbocycles. The molecule has 0 bridgehead atoms. The molecule has 0 fully saturated rings. The monoisotopic (exact) mass is 360 g/mol. The predicted molar refractivity (Wildman–Crippen MR) is 90.0 cm³/mol. The average molecular weight is 361 g/mol. The summed E-state index contributed by atoms with van der Waals surface area (Å²) < 4.78 is 1.02. The molecule has 0 saturated heterocycles. The minimum Gasteiger partial charge on any atom is -0.324 e. The number of hydrogen-bond donors (Lipinski definition) is 1. The molecule has 21 heavy (non-hydrogen) atoms. The minimum absolute atomic E-state index is 0.585. The summed E-state index contributed by atoms with van der Waals surface area (Å²) >= 11 is 5.34. The second kappa shape index (κ2) is 5.91. The maximum Gasteiger partial charge on any atom is 0.227 e. The van der Waals surface area contributed by atoms with Crippen LogP contribution in [0.25, 0.3) is 10.4 Å². The van der Waals surface area contributed by atoms with Crippen molar-refractivity contribution in [3.8, 4) is 10.4 Å². The van der Waals surface area contributed by atoms with Crippen molar-refractivity contribution in [2.45, 2.75) is 13.8 Å². The van der Waals surface area contributed by atoms with Gasteiger partial charge in [-0.15, -0.1) is 11.3 Å². The van der Waals surface area contributed by atoms with Gasteiger partial charge in [-0.2, -0.15) is 0 Å². The van der Waals surface area contributed by atoms with Crippen molar-refractivity contribution in [2.75, 3.05) is 5.32 Å². The van der Waals surface area contributed by atoms with E-state index < -0.39 is 0 Å². The molecular weight excluding hydrogens is 348 g/mol. The molecule has 6 heteroatoms. The van der Waals surface area contributed by atoms with Crippen LogP contribution in [-0.2, 0) is 0 Å². The third-order valence-corrected chi connectivity index (χ3v) is 4.70. The second-order valence-electron chi connectivity index (χ2n) is 4.54. The van der Waals surface area contributed by atoms with Crippen LogP contribution in [0.5, 0.6) is 0 Å². The van der Waals surface area contributed by atoms with Gasteiger partial charge in [0.05, 0.1) is 15.6 Å². The van der Waals surface area contributed by atoms with Gasteiger partial charge in [0.25, 0.3) is 0 Å². The van der Waals surface area contributed by atoms with Crippen LogP contribution in [0.4, 0.5) is 11.6 Å². The van der Waals surface area contributed by atoms with Crippen LogP contribution in [0.15, 0.2) is 41.1 Å². The highest BCUT2D eigenvalue weighted by Crippen LogP contribution is 2.36. The zero-order chi connectivity index (χ0) is 14.8. The van der Waals surface area contributed by atoms with E-state index >= 15 is 0 Å². The molecule has 3 rings (SSSR count). The van der Waals surface area contributed by atoms with Gasteiger partial charge < -0.3 is 5.32 Å². The Bertz CT molecular complexity index is 771. The molecule has 2 aromatic heterocycles. The second-order valence-corrected chi connectivity index (χ2v) is 6.60. The molecule has 3 aromatic rings. The summed E-state index contributed by atoms with van der Waals surface area (Å²) in [6, 6.07) is 7.92. The zero-order valence-electron chi connectivity index (χ0n) is 11.6. The summed E-state index contributed by atoms with van der Waals surface area (Å²) in [4.78, 5) is 14.0. The number of aromatic nitrogens is 3. The molecular formula is C15H13BrN4S. The van der Waals surface area contributed by atoms with Crippen molar-refractivity contribution in [1.29, 1.82) is 0 Å². The summed E-state index contributed by atoms with van der Waals surface area (Å²) in [6.07, 6.45) is 3.42. The van der Waals surface area contributed by atoms with E-state index in [1.165, 1.54) is 4.88 Å². The molecule has 0 aliphatic carbocycles. The third kappa shape index (κ3) is 3.11. The van der Waals surface area contributed by atoms with Crippen molar-refractivity contribution >= 4 is 38.9 Å². The molecule has 0 unspecified atom stereocenters. The van der Waals surface area contributed by atoms with Gasteiger partial charge in [0.1, 0.15) is 0 Å². The van der Waals surface area contributed by atoms with Crippen LogP contribution in [0, 0.1) is 13.8 Å². The van der Waals surface area contributed by atoms with Gasteiger partial charge in [0.2, 0.25) is 5.95 Å². The van der Waals surface area contributed by atoms with Crippen molar-refractivity contribution in [2.24, 2.45) is 0 Å². The van der Waals surface area contributed by atoms with Crippen LogP contribution >= 0.6 is 27.3 Å². The van der Waals surface area contributed by atoms with Crippen LogP contribution in [-0.4, -0.2) is 15.0 Å². The van der Waals surface area contributed by atoms with Crippen molar-refractivity contribution in [3.63, 3.8) is 0 Å². The Balaban J connectivity index is 1.91. The maximum absolute atomic E-state index is 4.48. The number of aryl methyl sites for hydroxylation is 2. The van der Waals surface area contributed by atoms with Crippen LogP contribution in [0.1, 0.15) is 10.7 Å². The Kier molecular flexibility index (Phi) is 3.98. The highest BCUT2D eigenvalue weighted by Gasteiger charge is 2.11. The van der Waals surface area contributed by atoms with E-state index in [1.54, 1.807) is 29.8 Å². The number of hydrogen-bond acceptors (Lipinski definition) is 5. The summed E-state index contributed by atoms with van der Waals surface area (Å²) in [7, 11) is 0. The average Bonchev–Trinajstić information content (AvgIpc) is 2.79. The van der Waals surface area contributed by atoms with Gasteiger partial charge in [-0.25, -0.2) is 15.0 Å². The first kappa shape index (κ1) is 14.2. The molecule has 0 aliphatic heterocycles. The smallest absolute Gasteiger partial charge is 0.227 e. The fraction of sp³-hybridized carbons (Fsp3) is 0.133. The number of nitrogens with zero attached hydrogens (tertiary/aromatic N) is 3. The lowest BCUT2D eigenvalue weighted by Crippen LogP contribution is -1.95. The lowest BCUT2D eigenvalue weighted by atomic mass is 10.1. The number of rotatable bonds is 3. The Labute approximate surface area is 135 Å². The summed E-state index contributed by atoms with van der Waals surface area (Å²) in [5.74, 6) is 0.585. The first-order valence-corrected chi connectivity index (χ1v) is 8.02. The van der Waals surface area contributed by atoms with E-state index in [0.717, 1.165) is 26.4 Å². The molecule has 1 N–H and O–H groups in total. The normalized spacial score (nSPS) is 10.6. The third-order valence-electron chi connectivity index (χ3n) is 2.94. The lowest BCUT2D eigenvalue weighted by molar-refractivity contribution is 1.17. The van der Waals surface area contributed by atoms with E-state index in [-0.39, 0.29) is 0 Å². The lowest BCUT2D eigenvalue weighted by Gasteiger charge is -2.08. The van der Waals surface area contributed by atoms with E-state index in [9.17, 15) is 0 Å². The van der Waals surface area contributed by atoms with Crippen LogP contribution < -0.4 is 5.32 Å². The predicted octanol–water partition coefficient (Wildman–Crippen LogP) is 4.72. The SMILES string of the molecule is Cc1nc(C)c(-c2ccc(Nc3ncccn3)cc2Br)s1. The molecule has 0 spiro atoms. The van der Waals surface area contributed by atoms with Crippen LogP contribution in [0.3, 0.4) is 0 Å². The first-order valence-electron chi connectivity index (χ1n) is 6.41. The number of anilines is 2. The fourth-order valence-corrected chi connectivity index (χ4v) is 3.72. The Morgan fingerprint density at radius 1 is 1.14 bits per heavy atom. The summed E-state index contributed by atoms with van der Waals surface area (Å²) in [6.45, 7) is 4.06.